The normalized spacial score (nSPS) is 14.3. The Kier molecular flexibility index (Phi) is 8.45. The molecule has 4 aromatic rings. The fourth-order valence-corrected chi connectivity index (χ4v) is 5.48. The molecule has 8 heteroatoms. The molecular formula is C30H29BrClN3O3. The van der Waals surface area contributed by atoms with E-state index in [2.05, 4.69) is 21.0 Å². The van der Waals surface area contributed by atoms with Crippen molar-refractivity contribution in [2.75, 3.05) is 6.61 Å². The van der Waals surface area contributed by atoms with Crippen molar-refractivity contribution < 1.29 is 9.47 Å². The zero-order valence-electron chi connectivity index (χ0n) is 21.2. The van der Waals surface area contributed by atoms with E-state index in [0.717, 1.165) is 31.2 Å². The molecular weight excluding hydrogens is 566 g/mol. The highest BCUT2D eigenvalue weighted by atomic mass is 79.9. The molecule has 0 unspecified atom stereocenters. The number of fused-ring (bicyclic) bond motifs is 1. The van der Waals surface area contributed by atoms with Crippen molar-refractivity contribution in [3.05, 3.63) is 97.5 Å². The molecule has 0 radical (unpaired) electrons. The lowest BCUT2D eigenvalue weighted by Crippen LogP contribution is -2.25. The number of para-hydroxylation sites is 1. The van der Waals surface area contributed by atoms with Gasteiger partial charge in [0.25, 0.3) is 5.56 Å². The number of aromatic nitrogens is 2. The second kappa shape index (κ2) is 12.1. The van der Waals surface area contributed by atoms with Crippen molar-refractivity contribution in [3.63, 3.8) is 0 Å². The second-order valence-electron chi connectivity index (χ2n) is 9.31. The van der Waals surface area contributed by atoms with Gasteiger partial charge in [0.1, 0.15) is 17.5 Å². The number of rotatable bonds is 8. The lowest BCUT2D eigenvalue weighted by Gasteiger charge is -2.22. The number of halogens is 2. The van der Waals surface area contributed by atoms with E-state index in [1.807, 2.05) is 61.5 Å². The number of hydrogen-bond acceptors (Lipinski definition) is 5. The lowest BCUT2D eigenvalue weighted by atomic mass is 9.88. The minimum atomic E-state index is -0.178. The van der Waals surface area contributed by atoms with E-state index < -0.39 is 0 Å². The highest BCUT2D eigenvalue weighted by Gasteiger charge is 2.23. The van der Waals surface area contributed by atoms with E-state index in [1.165, 1.54) is 11.1 Å². The maximum absolute atomic E-state index is 13.5. The molecule has 1 aromatic heterocycles. The van der Waals surface area contributed by atoms with Crippen molar-refractivity contribution in [1.82, 2.24) is 9.66 Å². The number of benzene rings is 3. The molecule has 3 aromatic carbocycles. The van der Waals surface area contributed by atoms with Crippen molar-refractivity contribution in [1.29, 1.82) is 0 Å². The van der Waals surface area contributed by atoms with Crippen LogP contribution in [0.3, 0.4) is 0 Å². The third-order valence-electron chi connectivity index (χ3n) is 6.74. The molecule has 1 aliphatic carbocycles. The maximum atomic E-state index is 13.5. The van der Waals surface area contributed by atoms with Gasteiger partial charge < -0.3 is 9.47 Å². The van der Waals surface area contributed by atoms with Crippen LogP contribution in [0.15, 0.2) is 75.0 Å². The minimum Gasteiger partial charge on any atom is -0.490 e. The molecule has 6 nitrogen and oxygen atoms in total. The summed E-state index contributed by atoms with van der Waals surface area (Å²) in [5.41, 5.74) is 2.21. The van der Waals surface area contributed by atoms with Crippen molar-refractivity contribution >= 4 is 44.6 Å². The molecule has 0 saturated heterocycles. The quantitative estimate of drug-likeness (QED) is 0.196. The Morgan fingerprint density at radius 3 is 2.58 bits per heavy atom. The molecule has 0 amide bonds. The van der Waals surface area contributed by atoms with Crippen LogP contribution in [-0.4, -0.2) is 22.5 Å². The zero-order valence-corrected chi connectivity index (χ0v) is 23.5. The molecule has 1 fully saturated rings. The van der Waals surface area contributed by atoms with E-state index in [0.29, 0.717) is 56.5 Å². The summed E-state index contributed by atoms with van der Waals surface area (Å²) in [6.45, 7) is 2.70. The fraction of sp³-hybridized carbons (Fsp3) is 0.300. The number of hydrogen-bond donors (Lipinski definition) is 0. The van der Waals surface area contributed by atoms with E-state index >= 15 is 0 Å². The van der Waals surface area contributed by atoms with Gasteiger partial charge in [-0.25, -0.2) is 4.98 Å². The highest BCUT2D eigenvalue weighted by Crippen LogP contribution is 2.42. The topological polar surface area (TPSA) is 65.7 Å². The van der Waals surface area contributed by atoms with Crippen molar-refractivity contribution in [2.45, 2.75) is 51.6 Å². The Labute approximate surface area is 235 Å². The summed E-state index contributed by atoms with van der Waals surface area (Å²) in [7, 11) is 0. The lowest BCUT2D eigenvalue weighted by molar-refractivity contribution is 0.269. The smallest absolute Gasteiger partial charge is 0.282 e. The van der Waals surface area contributed by atoms with Crippen LogP contribution in [0.25, 0.3) is 10.9 Å². The maximum Gasteiger partial charge on any atom is 0.282 e. The average molecular weight is 595 g/mol. The van der Waals surface area contributed by atoms with Crippen molar-refractivity contribution in [2.24, 2.45) is 5.10 Å². The summed E-state index contributed by atoms with van der Waals surface area (Å²) in [4.78, 5) is 18.4. The third kappa shape index (κ3) is 5.64. The van der Waals surface area contributed by atoms with Crippen LogP contribution in [0, 0.1) is 0 Å². The Morgan fingerprint density at radius 2 is 1.82 bits per heavy atom. The molecule has 1 saturated carbocycles. The average Bonchev–Trinajstić information content (AvgIpc) is 2.96. The first-order valence-corrected chi connectivity index (χ1v) is 14.1. The van der Waals surface area contributed by atoms with Gasteiger partial charge in [-0.3, -0.25) is 4.79 Å². The molecule has 0 spiro atoms. The molecule has 0 aliphatic heterocycles. The monoisotopic (exact) mass is 593 g/mol. The first-order chi connectivity index (χ1) is 18.6. The van der Waals surface area contributed by atoms with Gasteiger partial charge >= 0.3 is 0 Å². The summed E-state index contributed by atoms with van der Waals surface area (Å²) >= 11 is 10.4. The number of ether oxygens (including phenoxy) is 2. The Morgan fingerprint density at radius 1 is 1.08 bits per heavy atom. The summed E-state index contributed by atoms with van der Waals surface area (Å²) in [5, 5.41) is 5.58. The van der Waals surface area contributed by atoms with Gasteiger partial charge in [-0.1, -0.05) is 73.3 Å². The third-order valence-corrected chi connectivity index (χ3v) is 8.19. The minimum absolute atomic E-state index is 0.178. The molecule has 196 valence electrons. The van der Waals surface area contributed by atoms with E-state index in [-0.39, 0.29) is 11.5 Å². The van der Waals surface area contributed by atoms with Crippen LogP contribution in [0.2, 0.25) is 5.02 Å². The molecule has 0 bridgehead atoms. The fourth-order valence-electron chi connectivity index (χ4n) is 4.82. The van der Waals surface area contributed by atoms with Crippen LogP contribution >= 0.6 is 27.5 Å². The predicted molar refractivity (Wildman–Crippen MR) is 156 cm³/mol. The zero-order chi connectivity index (χ0) is 26.5. The highest BCUT2D eigenvalue weighted by molar-refractivity contribution is 9.10. The van der Waals surface area contributed by atoms with E-state index in [1.54, 1.807) is 12.3 Å². The van der Waals surface area contributed by atoms with Gasteiger partial charge in [-0.15, -0.1) is 0 Å². The Balaban J connectivity index is 1.54. The first kappa shape index (κ1) is 26.4. The number of nitrogens with zero attached hydrogens (tertiary/aromatic N) is 3. The molecule has 0 N–H and O–H groups in total. The molecule has 38 heavy (non-hydrogen) atoms. The Bertz CT molecular complexity index is 1520. The largest absolute Gasteiger partial charge is 0.490 e. The van der Waals surface area contributed by atoms with Crippen LogP contribution in [-0.2, 0) is 6.61 Å². The summed E-state index contributed by atoms with van der Waals surface area (Å²) < 4.78 is 14.0. The second-order valence-corrected chi connectivity index (χ2v) is 10.5. The van der Waals surface area contributed by atoms with Crippen LogP contribution in [0.5, 0.6) is 11.5 Å². The van der Waals surface area contributed by atoms with Crippen LogP contribution in [0.4, 0.5) is 0 Å². The van der Waals surface area contributed by atoms with Gasteiger partial charge in [-0.2, -0.15) is 9.78 Å². The SMILES string of the molecule is CCOc1cc(C=Nn2c(C3CCCCC3)nc3ccccc3c2=O)c(Br)c(Cl)c1OCc1ccccc1. The van der Waals surface area contributed by atoms with Gasteiger partial charge in [0, 0.05) is 16.0 Å². The first-order valence-electron chi connectivity index (χ1n) is 12.9. The van der Waals surface area contributed by atoms with Crippen LogP contribution in [0.1, 0.15) is 61.9 Å². The summed E-state index contributed by atoms with van der Waals surface area (Å²) in [6, 6.07) is 19.1. The van der Waals surface area contributed by atoms with Gasteiger partial charge in [0.2, 0.25) is 0 Å². The van der Waals surface area contributed by atoms with Crippen LogP contribution < -0.4 is 15.0 Å². The molecule has 1 heterocycles. The molecule has 1 aliphatic rings. The van der Waals surface area contributed by atoms with E-state index in [4.69, 9.17) is 26.1 Å². The van der Waals surface area contributed by atoms with Gasteiger partial charge in [0.05, 0.1) is 23.7 Å². The van der Waals surface area contributed by atoms with Gasteiger partial charge in [-0.05, 0) is 59.5 Å². The predicted octanol–water partition coefficient (Wildman–Crippen LogP) is 7.72. The van der Waals surface area contributed by atoms with Gasteiger partial charge in [0.15, 0.2) is 11.5 Å². The molecule has 0 atom stereocenters. The Hall–Kier alpha value is -3.16. The summed E-state index contributed by atoms with van der Waals surface area (Å²) in [5.74, 6) is 1.86. The summed E-state index contributed by atoms with van der Waals surface area (Å²) in [6.07, 6.45) is 7.09. The van der Waals surface area contributed by atoms with Crippen molar-refractivity contribution in [3.8, 4) is 11.5 Å². The standard InChI is InChI=1S/C30H29BrClN3O3/c1-2-37-25-17-22(26(31)27(32)28(25)38-19-20-11-5-3-6-12-20)18-33-35-29(21-13-7-4-8-14-21)34-24-16-10-9-15-23(24)30(35)36/h3,5-6,9-12,15-18,21H,2,4,7-8,13-14,19H2,1H3. The molecule has 5 rings (SSSR count). The van der Waals surface area contributed by atoms with E-state index in [9.17, 15) is 4.79 Å².